The number of carbonyl (C=O) groups is 1. The van der Waals surface area contributed by atoms with E-state index >= 15 is 0 Å². The minimum Gasteiger partial charge on any atom is -0.466 e. The van der Waals surface area contributed by atoms with Crippen LogP contribution in [0.25, 0.3) is 0 Å². The van der Waals surface area contributed by atoms with Gasteiger partial charge in [-0.3, -0.25) is 4.79 Å². The van der Waals surface area contributed by atoms with Crippen LogP contribution in [0.2, 0.25) is 0 Å². The number of aryl methyl sites for hydroxylation is 1. The number of halogens is 1. The Balaban J connectivity index is 2.82. The minimum atomic E-state index is -0.162. The minimum absolute atomic E-state index is 0.162. The van der Waals surface area contributed by atoms with Crippen LogP contribution in [-0.2, 0) is 22.4 Å². The molecule has 0 aliphatic rings. The van der Waals surface area contributed by atoms with Gasteiger partial charge >= 0.3 is 5.97 Å². The van der Waals surface area contributed by atoms with Crippen molar-refractivity contribution in [3.63, 3.8) is 0 Å². The number of rotatable bonds is 6. The number of benzene rings is 1. The molecule has 94 valence electrons. The SMILES string of the molecule is CCOC(=O)Cc1cccc(C)c1CCCCl. The van der Waals surface area contributed by atoms with Crippen molar-refractivity contribution in [2.75, 3.05) is 12.5 Å². The summed E-state index contributed by atoms with van der Waals surface area (Å²) < 4.78 is 4.98. The normalized spacial score (nSPS) is 10.3. The number of carbonyl (C=O) groups excluding carboxylic acids is 1. The first-order valence-electron chi connectivity index (χ1n) is 5.98. The zero-order chi connectivity index (χ0) is 12.7. The molecule has 0 radical (unpaired) electrons. The average Bonchev–Trinajstić information content (AvgIpc) is 2.28. The molecule has 1 aromatic rings. The maximum absolute atomic E-state index is 11.5. The second-order valence-corrected chi connectivity index (χ2v) is 4.36. The van der Waals surface area contributed by atoms with E-state index in [1.165, 1.54) is 11.1 Å². The van der Waals surface area contributed by atoms with Crippen LogP contribution in [0, 0.1) is 6.92 Å². The molecule has 0 aliphatic heterocycles. The molecule has 17 heavy (non-hydrogen) atoms. The summed E-state index contributed by atoms with van der Waals surface area (Å²) in [4.78, 5) is 11.5. The van der Waals surface area contributed by atoms with Gasteiger partial charge in [-0.05, 0) is 43.4 Å². The zero-order valence-corrected chi connectivity index (χ0v) is 11.2. The van der Waals surface area contributed by atoms with E-state index in [-0.39, 0.29) is 5.97 Å². The van der Waals surface area contributed by atoms with E-state index in [0.717, 1.165) is 18.4 Å². The fraction of sp³-hybridized carbons (Fsp3) is 0.500. The topological polar surface area (TPSA) is 26.3 Å². The highest BCUT2D eigenvalue weighted by atomic mass is 35.5. The molecule has 0 aromatic heterocycles. The Morgan fingerprint density at radius 1 is 1.41 bits per heavy atom. The highest BCUT2D eigenvalue weighted by Crippen LogP contribution is 2.17. The molecule has 2 nitrogen and oxygen atoms in total. The van der Waals surface area contributed by atoms with Crippen molar-refractivity contribution in [3.05, 3.63) is 34.9 Å². The smallest absolute Gasteiger partial charge is 0.310 e. The first-order chi connectivity index (χ1) is 8.19. The molecule has 0 saturated heterocycles. The molecule has 0 atom stereocenters. The Hall–Kier alpha value is -1.02. The molecule has 0 fully saturated rings. The summed E-state index contributed by atoms with van der Waals surface area (Å²) in [6.07, 6.45) is 2.21. The number of hydrogen-bond acceptors (Lipinski definition) is 2. The summed E-state index contributed by atoms with van der Waals surface area (Å²) >= 11 is 5.72. The van der Waals surface area contributed by atoms with Crippen molar-refractivity contribution >= 4 is 17.6 Å². The van der Waals surface area contributed by atoms with Crippen molar-refractivity contribution in [2.24, 2.45) is 0 Å². The summed E-state index contributed by atoms with van der Waals surface area (Å²) in [5.41, 5.74) is 3.52. The van der Waals surface area contributed by atoms with Gasteiger partial charge in [-0.25, -0.2) is 0 Å². The van der Waals surface area contributed by atoms with Crippen LogP contribution in [0.4, 0.5) is 0 Å². The average molecular weight is 255 g/mol. The molecule has 3 heteroatoms. The third-order valence-corrected chi connectivity index (χ3v) is 2.98. The summed E-state index contributed by atoms with van der Waals surface area (Å²) in [5.74, 6) is 0.484. The summed E-state index contributed by atoms with van der Waals surface area (Å²) in [7, 11) is 0. The Bertz CT molecular complexity index is 374. The molecular weight excluding hydrogens is 236 g/mol. The van der Waals surface area contributed by atoms with E-state index in [1.54, 1.807) is 0 Å². The fourth-order valence-corrected chi connectivity index (χ4v) is 2.03. The highest BCUT2D eigenvalue weighted by Gasteiger charge is 2.10. The first kappa shape index (κ1) is 14.0. The van der Waals surface area contributed by atoms with Crippen molar-refractivity contribution in [2.45, 2.75) is 33.1 Å². The van der Waals surface area contributed by atoms with Crippen LogP contribution in [0.1, 0.15) is 30.0 Å². The number of esters is 1. The Kier molecular flexibility index (Phi) is 6.06. The molecule has 0 saturated carbocycles. The predicted molar refractivity (Wildman–Crippen MR) is 70.6 cm³/mol. The van der Waals surface area contributed by atoms with Gasteiger partial charge in [0.05, 0.1) is 13.0 Å². The highest BCUT2D eigenvalue weighted by molar-refractivity contribution is 6.17. The molecular formula is C14H19ClO2. The van der Waals surface area contributed by atoms with Gasteiger partial charge in [0.1, 0.15) is 0 Å². The van der Waals surface area contributed by atoms with Gasteiger partial charge in [0, 0.05) is 5.88 Å². The lowest BCUT2D eigenvalue weighted by Gasteiger charge is -2.11. The van der Waals surface area contributed by atoms with E-state index in [4.69, 9.17) is 16.3 Å². The van der Waals surface area contributed by atoms with Gasteiger partial charge in [-0.2, -0.15) is 0 Å². The molecule has 1 aromatic carbocycles. The lowest BCUT2D eigenvalue weighted by molar-refractivity contribution is -0.142. The van der Waals surface area contributed by atoms with E-state index < -0.39 is 0 Å². The van der Waals surface area contributed by atoms with E-state index in [1.807, 2.05) is 19.1 Å². The summed E-state index contributed by atoms with van der Waals surface area (Å²) in [6.45, 7) is 4.32. The van der Waals surface area contributed by atoms with Crippen LogP contribution in [0.5, 0.6) is 0 Å². The number of alkyl halides is 1. The Morgan fingerprint density at radius 3 is 2.82 bits per heavy atom. The van der Waals surface area contributed by atoms with Crippen LogP contribution in [0.15, 0.2) is 18.2 Å². The van der Waals surface area contributed by atoms with E-state index in [2.05, 4.69) is 13.0 Å². The molecule has 1 rings (SSSR count). The third-order valence-electron chi connectivity index (χ3n) is 2.71. The van der Waals surface area contributed by atoms with E-state index in [9.17, 15) is 4.79 Å². The fourth-order valence-electron chi connectivity index (χ4n) is 1.90. The second kappa shape index (κ2) is 7.33. The van der Waals surface area contributed by atoms with Crippen molar-refractivity contribution in [3.8, 4) is 0 Å². The first-order valence-corrected chi connectivity index (χ1v) is 6.51. The van der Waals surface area contributed by atoms with Gasteiger partial charge in [-0.15, -0.1) is 11.6 Å². The van der Waals surface area contributed by atoms with E-state index in [0.29, 0.717) is 18.9 Å². The van der Waals surface area contributed by atoms with Crippen LogP contribution in [0.3, 0.4) is 0 Å². The lowest BCUT2D eigenvalue weighted by atomic mass is 9.96. The van der Waals surface area contributed by atoms with Crippen LogP contribution in [-0.4, -0.2) is 18.5 Å². The molecule has 0 unspecified atom stereocenters. The maximum atomic E-state index is 11.5. The Morgan fingerprint density at radius 2 is 2.18 bits per heavy atom. The molecule has 0 heterocycles. The zero-order valence-electron chi connectivity index (χ0n) is 10.5. The second-order valence-electron chi connectivity index (χ2n) is 3.99. The molecule has 0 amide bonds. The quantitative estimate of drug-likeness (QED) is 0.575. The van der Waals surface area contributed by atoms with Gasteiger partial charge in [0.2, 0.25) is 0 Å². The standard InChI is InChI=1S/C14H19ClO2/c1-3-17-14(16)10-12-7-4-6-11(2)13(12)8-5-9-15/h4,6-7H,3,5,8-10H2,1-2H3. The van der Waals surface area contributed by atoms with Gasteiger partial charge in [0.15, 0.2) is 0 Å². The largest absolute Gasteiger partial charge is 0.466 e. The molecule has 0 aliphatic carbocycles. The van der Waals surface area contributed by atoms with Crippen molar-refractivity contribution < 1.29 is 9.53 Å². The summed E-state index contributed by atoms with van der Waals surface area (Å²) in [6, 6.07) is 6.04. The van der Waals surface area contributed by atoms with Gasteiger partial charge in [-0.1, -0.05) is 18.2 Å². The van der Waals surface area contributed by atoms with Gasteiger partial charge < -0.3 is 4.74 Å². The predicted octanol–water partition coefficient (Wildman–Crippen LogP) is 3.27. The van der Waals surface area contributed by atoms with Crippen LogP contribution >= 0.6 is 11.6 Å². The number of ether oxygens (including phenoxy) is 1. The Labute approximate surface area is 108 Å². The van der Waals surface area contributed by atoms with Gasteiger partial charge in [0.25, 0.3) is 0 Å². The molecule has 0 bridgehead atoms. The monoisotopic (exact) mass is 254 g/mol. The maximum Gasteiger partial charge on any atom is 0.310 e. The van der Waals surface area contributed by atoms with Crippen LogP contribution < -0.4 is 0 Å². The number of hydrogen-bond donors (Lipinski definition) is 0. The molecule has 0 spiro atoms. The summed E-state index contributed by atoms with van der Waals surface area (Å²) in [5, 5.41) is 0. The van der Waals surface area contributed by atoms with Crippen molar-refractivity contribution in [1.29, 1.82) is 0 Å². The molecule has 0 N–H and O–H groups in total. The lowest BCUT2D eigenvalue weighted by Crippen LogP contribution is -2.10. The van der Waals surface area contributed by atoms with Crippen molar-refractivity contribution in [1.82, 2.24) is 0 Å². The third kappa shape index (κ3) is 4.39.